The van der Waals surface area contributed by atoms with Gasteiger partial charge in [0, 0.05) is 30.1 Å². The maximum absolute atomic E-state index is 5.94. The van der Waals surface area contributed by atoms with Crippen molar-refractivity contribution in [2.45, 2.75) is 116 Å². The standard InChI is InChI=1S/C34H56NO4PS2/c35-42-40(41,38-31-23-13-9-5-1-3-7-11-21-29-36-33-25-17-15-18-26-33)39-32-24-14-10-6-2-4-8-12-22-30-37-34-27-19-16-20-28-34/h15-20,25-28H,1-14,21-24,29-32,35H2/q+1. The molecule has 0 atom stereocenters. The van der Waals surface area contributed by atoms with Crippen LogP contribution < -0.4 is 14.6 Å². The lowest BCUT2D eigenvalue weighted by molar-refractivity contribution is 0.249. The topological polar surface area (TPSA) is 65.0 Å². The Morgan fingerprint density at radius 1 is 0.548 bits per heavy atom. The Morgan fingerprint density at radius 3 is 1.43 bits per heavy atom. The van der Waals surface area contributed by atoms with Crippen LogP contribution in [0.25, 0.3) is 0 Å². The van der Waals surface area contributed by atoms with Crippen LogP contribution in [0.5, 0.6) is 11.5 Å². The van der Waals surface area contributed by atoms with Crippen molar-refractivity contribution in [2.75, 3.05) is 26.4 Å². The van der Waals surface area contributed by atoms with E-state index in [1.807, 2.05) is 60.7 Å². The fourth-order valence-corrected chi connectivity index (χ4v) is 6.91. The summed E-state index contributed by atoms with van der Waals surface area (Å²) in [6.07, 6.45) is 22.1. The zero-order chi connectivity index (χ0) is 29.8. The van der Waals surface area contributed by atoms with Gasteiger partial charge in [-0.15, -0.1) is 0 Å². The highest BCUT2D eigenvalue weighted by Crippen LogP contribution is 2.58. The second kappa shape index (κ2) is 26.3. The summed E-state index contributed by atoms with van der Waals surface area (Å²) < 4.78 is 23.4. The maximum Gasteiger partial charge on any atom is 0.343 e. The molecule has 0 aromatic heterocycles. The quantitative estimate of drug-likeness (QED) is 0.0412. The molecule has 5 nitrogen and oxygen atoms in total. The normalized spacial score (nSPS) is 12.7. The summed E-state index contributed by atoms with van der Waals surface area (Å²) in [7, 11) is 0. The van der Waals surface area contributed by atoms with Crippen LogP contribution in [0.15, 0.2) is 60.7 Å². The van der Waals surface area contributed by atoms with Gasteiger partial charge in [-0.2, -0.15) is 0 Å². The van der Waals surface area contributed by atoms with E-state index >= 15 is 0 Å². The molecule has 0 aliphatic carbocycles. The van der Waals surface area contributed by atoms with E-state index in [0.717, 1.165) is 62.0 Å². The van der Waals surface area contributed by atoms with Crippen LogP contribution in [0.3, 0.4) is 0 Å². The Kier molecular flexibility index (Phi) is 23.3. The molecule has 8 heteroatoms. The summed E-state index contributed by atoms with van der Waals surface area (Å²) in [5.41, 5.74) is -2.39. The zero-order valence-corrected chi connectivity index (χ0v) is 28.3. The molecule has 0 aliphatic rings. The summed E-state index contributed by atoms with van der Waals surface area (Å²) in [4.78, 5) is 0. The molecular weight excluding hydrogens is 581 g/mol. The van der Waals surface area contributed by atoms with Crippen molar-refractivity contribution in [1.82, 2.24) is 0 Å². The average Bonchev–Trinajstić information content (AvgIpc) is 3.02. The highest BCUT2D eigenvalue weighted by Gasteiger charge is 2.18. The second-order valence-corrected chi connectivity index (χ2v) is 16.7. The zero-order valence-electron chi connectivity index (χ0n) is 25.8. The van der Waals surface area contributed by atoms with Gasteiger partial charge in [0.05, 0.1) is 19.8 Å². The first-order valence-corrected chi connectivity index (χ1v) is 20.5. The predicted octanol–water partition coefficient (Wildman–Crippen LogP) is 11.0. The van der Waals surface area contributed by atoms with Gasteiger partial charge < -0.3 is 13.8 Å². The van der Waals surface area contributed by atoms with Crippen LogP contribution in [0, 0.1) is 0 Å². The van der Waals surface area contributed by atoms with E-state index in [0.29, 0.717) is 13.2 Å². The summed E-state index contributed by atoms with van der Waals surface area (Å²) in [5, 5.41) is 5.84. The van der Waals surface area contributed by atoms with Gasteiger partial charge in [-0.25, -0.2) is 0 Å². The van der Waals surface area contributed by atoms with Gasteiger partial charge in [-0.1, -0.05) is 120 Å². The number of ether oxygens (including phenoxy) is 2. The molecule has 237 valence electrons. The monoisotopic (exact) mass is 637 g/mol. The first kappa shape index (κ1) is 37.1. The summed E-state index contributed by atoms with van der Waals surface area (Å²) in [6.45, 7) is 2.94. The smallest absolute Gasteiger partial charge is 0.343 e. The van der Waals surface area contributed by atoms with Crippen molar-refractivity contribution < 1.29 is 18.5 Å². The van der Waals surface area contributed by atoms with Gasteiger partial charge in [-0.3, -0.25) is 9.88 Å². The minimum absolute atomic E-state index is 0.654. The SMILES string of the molecule is NSP(=S)(OCCCCCCCCCCCOc1ccccc1)OCCCCCCCCCCC[O+]c1ccccc1. The summed E-state index contributed by atoms with van der Waals surface area (Å²) in [5.74, 6) is 1.94. The van der Waals surface area contributed by atoms with E-state index in [9.17, 15) is 0 Å². The number of para-hydroxylation sites is 2. The molecule has 2 aromatic rings. The van der Waals surface area contributed by atoms with E-state index in [-0.39, 0.29) is 0 Å². The van der Waals surface area contributed by atoms with Crippen molar-refractivity contribution in [3.8, 4) is 11.5 Å². The minimum atomic E-state index is -2.39. The molecule has 2 N–H and O–H groups in total. The molecule has 0 spiro atoms. The van der Waals surface area contributed by atoms with Gasteiger partial charge in [0.2, 0.25) is 0 Å². The van der Waals surface area contributed by atoms with Crippen LogP contribution in [-0.4, -0.2) is 26.4 Å². The molecule has 0 bridgehead atoms. The molecular formula is C34H56NO4PS2+. The highest BCUT2D eigenvalue weighted by atomic mass is 32.9. The lowest BCUT2D eigenvalue weighted by Crippen LogP contribution is -1.99. The number of unbranched alkanes of at least 4 members (excludes halogenated alkanes) is 16. The molecule has 0 saturated carbocycles. The Hall–Kier alpha value is -1.08. The van der Waals surface area contributed by atoms with Crippen molar-refractivity contribution in [1.29, 1.82) is 0 Å². The van der Waals surface area contributed by atoms with Gasteiger partial charge in [0.15, 0.2) is 0 Å². The molecule has 0 saturated heterocycles. The number of nitrogens with two attached hydrogens (primary N) is 1. The molecule has 2 rings (SSSR count). The second-order valence-electron chi connectivity index (χ2n) is 10.9. The predicted molar refractivity (Wildman–Crippen MR) is 185 cm³/mol. The molecule has 0 amide bonds. The van der Waals surface area contributed by atoms with Crippen LogP contribution >= 0.6 is 17.3 Å². The lowest BCUT2D eigenvalue weighted by atomic mass is 10.1. The fraction of sp³-hybridized carbons (Fsp3) is 0.647. The number of hydrogen-bond donors (Lipinski definition) is 1. The van der Waals surface area contributed by atoms with Gasteiger partial charge >= 0.3 is 5.75 Å². The molecule has 42 heavy (non-hydrogen) atoms. The third-order valence-electron chi connectivity index (χ3n) is 7.23. The van der Waals surface area contributed by atoms with Crippen LogP contribution in [-0.2, 0) is 20.9 Å². The highest BCUT2D eigenvalue weighted by molar-refractivity contribution is 8.67. The molecule has 1 radical (unpaired) electrons. The van der Waals surface area contributed by atoms with Crippen molar-refractivity contribution in [2.24, 2.45) is 5.14 Å². The Bertz CT molecular complexity index is 837. The molecule has 2 aromatic carbocycles. The molecule has 0 fully saturated rings. The molecule has 0 heterocycles. The molecule has 0 aliphatic heterocycles. The van der Waals surface area contributed by atoms with E-state index in [2.05, 4.69) is 0 Å². The largest absolute Gasteiger partial charge is 0.494 e. The first-order valence-electron chi connectivity index (χ1n) is 16.4. The third-order valence-corrected chi connectivity index (χ3v) is 11.3. The fourth-order valence-electron chi connectivity index (χ4n) is 4.75. The van der Waals surface area contributed by atoms with Gasteiger partial charge in [0.25, 0.3) is 12.3 Å². The van der Waals surface area contributed by atoms with E-state index < -0.39 is 5.69 Å². The Morgan fingerprint density at radius 2 is 0.952 bits per heavy atom. The number of rotatable bonds is 29. The first-order chi connectivity index (χ1) is 20.7. The van der Waals surface area contributed by atoms with E-state index in [4.69, 9.17) is 35.5 Å². The molecule has 0 unspecified atom stereocenters. The van der Waals surface area contributed by atoms with Crippen LogP contribution in [0.1, 0.15) is 116 Å². The van der Waals surface area contributed by atoms with E-state index in [1.165, 1.54) is 89.9 Å². The van der Waals surface area contributed by atoms with Crippen molar-refractivity contribution >= 4 is 29.1 Å². The van der Waals surface area contributed by atoms with Gasteiger partial charge in [-0.05, 0) is 49.6 Å². The summed E-state index contributed by atoms with van der Waals surface area (Å²) in [6, 6.07) is 20.1. The van der Waals surface area contributed by atoms with Crippen molar-refractivity contribution in [3.63, 3.8) is 0 Å². The number of benzene rings is 2. The maximum atomic E-state index is 5.94. The third kappa shape index (κ3) is 20.8. The minimum Gasteiger partial charge on any atom is -0.494 e. The lowest BCUT2D eigenvalue weighted by Gasteiger charge is -2.19. The Balaban J connectivity index is 1.29. The van der Waals surface area contributed by atoms with Crippen molar-refractivity contribution in [3.05, 3.63) is 60.7 Å². The summed E-state index contributed by atoms with van der Waals surface area (Å²) >= 11 is 6.70. The van der Waals surface area contributed by atoms with Gasteiger partial charge in [0.1, 0.15) is 5.75 Å². The Labute approximate surface area is 266 Å². The van der Waals surface area contributed by atoms with E-state index in [1.54, 1.807) is 0 Å². The average molecular weight is 638 g/mol. The number of hydrogen-bond acceptors (Lipinski definition) is 7. The van der Waals surface area contributed by atoms with Crippen LogP contribution in [0.4, 0.5) is 0 Å². The van der Waals surface area contributed by atoms with Crippen LogP contribution in [0.2, 0.25) is 0 Å².